The molecule has 1 aromatic heterocycles. The number of aromatic nitrogens is 1. The zero-order valence-electron chi connectivity index (χ0n) is 7.86. The van der Waals surface area contributed by atoms with E-state index in [1.165, 1.54) is 0 Å². The predicted octanol–water partition coefficient (Wildman–Crippen LogP) is 4.26. The summed E-state index contributed by atoms with van der Waals surface area (Å²) in [6.45, 7) is 0. The first-order valence-electron chi connectivity index (χ1n) is 4.03. The van der Waals surface area contributed by atoms with Crippen molar-refractivity contribution in [1.82, 2.24) is 4.98 Å². The number of ether oxygens (including phenoxy) is 1. The summed E-state index contributed by atoms with van der Waals surface area (Å²) in [7, 11) is 0. The molecular formula is C8H4ClF5INO. The average molecular weight is 387 g/mol. The lowest BCUT2D eigenvalue weighted by atomic mass is 10.3. The number of hydrogen-bond acceptors (Lipinski definition) is 2. The monoisotopic (exact) mass is 387 g/mol. The van der Waals surface area contributed by atoms with Gasteiger partial charge < -0.3 is 4.74 Å². The molecule has 0 atom stereocenters. The maximum atomic E-state index is 12.5. The normalized spacial score (nSPS) is 12.0. The summed E-state index contributed by atoms with van der Waals surface area (Å²) < 4.78 is 64.6. The highest BCUT2D eigenvalue weighted by atomic mass is 127. The molecule has 1 rings (SSSR count). The SMILES string of the molecule is FC(F)c1nc(CCl)c(I)cc1OC(F)(F)F. The van der Waals surface area contributed by atoms with Gasteiger partial charge in [0.15, 0.2) is 5.75 Å². The quantitative estimate of drug-likeness (QED) is 0.439. The second-order valence-corrected chi connectivity index (χ2v) is 4.21. The largest absolute Gasteiger partial charge is 0.573 e. The molecule has 0 N–H and O–H groups in total. The Bertz CT molecular complexity index is 412. The van der Waals surface area contributed by atoms with Gasteiger partial charge in [-0.05, 0) is 28.7 Å². The summed E-state index contributed by atoms with van der Waals surface area (Å²) in [5, 5.41) is 0. The standard InChI is InChI=1S/C8H4ClF5INO/c9-2-4-3(15)1-5(17-8(12,13)14)6(16-4)7(10)11/h1,7H,2H2. The van der Waals surface area contributed by atoms with Crippen molar-refractivity contribution in [3.8, 4) is 5.75 Å². The van der Waals surface area contributed by atoms with Gasteiger partial charge in [-0.1, -0.05) is 0 Å². The van der Waals surface area contributed by atoms with Crippen molar-refractivity contribution < 1.29 is 26.7 Å². The van der Waals surface area contributed by atoms with Gasteiger partial charge in [0.05, 0.1) is 11.6 Å². The van der Waals surface area contributed by atoms with Gasteiger partial charge in [-0.2, -0.15) is 0 Å². The molecule has 1 heterocycles. The lowest BCUT2D eigenvalue weighted by Gasteiger charge is -2.13. The van der Waals surface area contributed by atoms with Crippen molar-refractivity contribution in [1.29, 1.82) is 0 Å². The van der Waals surface area contributed by atoms with Crippen LogP contribution in [-0.2, 0) is 5.88 Å². The highest BCUT2D eigenvalue weighted by Gasteiger charge is 2.34. The Morgan fingerprint density at radius 2 is 2.00 bits per heavy atom. The molecule has 0 saturated heterocycles. The Morgan fingerprint density at radius 1 is 1.41 bits per heavy atom. The van der Waals surface area contributed by atoms with Crippen LogP contribution in [0.3, 0.4) is 0 Å². The summed E-state index contributed by atoms with van der Waals surface area (Å²) in [6, 6.07) is 0.834. The molecule has 0 fully saturated rings. The Hall–Kier alpha value is -0.380. The van der Waals surface area contributed by atoms with Gasteiger partial charge in [-0.3, -0.25) is 0 Å². The molecule has 17 heavy (non-hydrogen) atoms. The van der Waals surface area contributed by atoms with Crippen LogP contribution >= 0.6 is 34.2 Å². The first-order chi connectivity index (χ1) is 7.74. The minimum absolute atomic E-state index is 0.0806. The van der Waals surface area contributed by atoms with Gasteiger partial charge in [0, 0.05) is 3.57 Å². The average Bonchev–Trinajstić information content (AvgIpc) is 2.14. The van der Waals surface area contributed by atoms with Crippen LogP contribution in [0.2, 0.25) is 0 Å². The zero-order chi connectivity index (χ0) is 13.2. The van der Waals surface area contributed by atoms with Crippen molar-refractivity contribution in [3.63, 3.8) is 0 Å². The molecular weight excluding hydrogens is 383 g/mol. The highest BCUT2D eigenvalue weighted by Crippen LogP contribution is 2.33. The Kier molecular flexibility index (Phi) is 4.76. The number of rotatable bonds is 3. The molecule has 0 saturated carbocycles. The minimum atomic E-state index is -5.04. The lowest BCUT2D eigenvalue weighted by molar-refractivity contribution is -0.275. The third-order valence-electron chi connectivity index (χ3n) is 1.60. The van der Waals surface area contributed by atoms with Crippen LogP contribution in [0, 0.1) is 3.57 Å². The molecule has 0 amide bonds. The van der Waals surface area contributed by atoms with Crippen LogP contribution in [0.15, 0.2) is 6.07 Å². The van der Waals surface area contributed by atoms with E-state index in [0.717, 1.165) is 6.07 Å². The van der Waals surface area contributed by atoms with Crippen molar-refractivity contribution in [2.45, 2.75) is 18.7 Å². The number of halogens is 7. The molecule has 9 heteroatoms. The zero-order valence-corrected chi connectivity index (χ0v) is 10.8. The van der Waals surface area contributed by atoms with Crippen LogP contribution in [0.1, 0.15) is 17.8 Å². The molecule has 0 unspecified atom stereocenters. The van der Waals surface area contributed by atoms with Gasteiger partial charge in [-0.25, -0.2) is 13.8 Å². The van der Waals surface area contributed by atoms with E-state index in [1.807, 2.05) is 0 Å². The van der Waals surface area contributed by atoms with Crippen LogP contribution in [0.25, 0.3) is 0 Å². The Balaban J connectivity index is 3.23. The molecule has 1 aromatic rings. The highest BCUT2D eigenvalue weighted by molar-refractivity contribution is 14.1. The van der Waals surface area contributed by atoms with E-state index in [0.29, 0.717) is 0 Å². The molecule has 0 bridgehead atoms. The van der Waals surface area contributed by atoms with Crippen LogP contribution in [0.5, 0.6) is 5.75 Å². The smallest absolute Gasteiger partial charge is 0.404 e. The fourth-order valence-corrected chi connectivity index (χ4v) is 2.01. The maximum Gasteiger partial charge on any atom is 0.573 e. The summed E-state index contributed by atoms with van der Waals surface area (Å²) in [4.78, 5) is 3.36. The Labute approximate surface area is 111 Å². The first kappa shape index (κ1) is 14.7. The second-order valence-electron chi connectivity index (χ2n) is 2.78. The fourth-order valence-electron chi connectivity index (χ4n) is 0.983. The van der Waals surface area contributed by atoms with Gasteiger partial charge >= 0.3 is 6.36 Å². The molecule has 96 valence electrons. The third kappa shape index (κ3) is 4.09. The summed E-state index contributed by atoms with van der Waals surface area (Å²) in [5.74, 6) is -1.18. The van der Waals surface area contributed by atoms with Gasteiger partial charge in [0.25, 0.3) is 6.43 Å². The van der Waals surface area contributed by atoms with Crippen molar-refractivity contribution in [3.05, 3.63) is 21.0 Å². The number of nitrogens with zero attached hydrogens (tertiary/aromatic N) is 1. The van der Waals surface area contributed by atoms with Crippen LogP contribution in [0.4, 0.5) is 22.0 Å². The van der Waals surface area contributed by atoms with Crippen molar-refractivity contribution >= 4 is 34.2 Å². The van der Waals surface area contributed by atoms with Gasteiger partial charge in [0.1, 0.15) is 5.69 Å². The van der Waals surface area contributed by atoms with E-state index in [9.17, 15) is 22.0 Å². The Morgan fingerprint density at radius 3 is 2.41 bits per heavy atom. The van der Waals surface area contributed by atoms with E-state index >= 15 is 0 Å². The van der Waals surface area contributed by atoms with E-state index in [1.54, 1.807) is 22.6 Å². The molecule has 0 radical (unpaired) electrons. The molecule has 0 spiro atoms. The van der Waals surface area contributed by atoms with Gasteiger partial charge in [-0.15, -0.1) is 24.8 Å². The number of alkyl halides is 6. The molecule has 2 nitrogen and oxygen atoms in total. The molecule has 0 aliphatic carbocycles. The number of hydrogen-bond donors (Lipinski definition) is 0. The molecule has 0 aliphatic rings. The molecule has 0 aliphatic heterocycles. The van der Waals surface area contributed by atoms with Crippen molar-refractivity contribution in [2.24, 2.45) is 0 Å². The van der Waals surface area contributed by atoms with E-state index in [4.69, 9.17) is 11.6 Å². The van der Waals surface area contributed by atoms with Crippen LogP contribution in [-0.4, -0.2) is 11.3 Å². The van der Waals surface area contributed by atoms with E-state index < -0.39 is 24.2 Å². The third-order valence-corrected chi connectivity index (χ3v) is 2.79. The fraction of sp³-hybridized carbons (Fsp3) is 0.375. The topological polar surface area (TPSA) is 22.1 Å². The predicted molar refractivity (Wildman–Crippen MR) is 58.2 cm³/mol. The first-order valence-corrected chi connectivity index (χ1v) is 5.65. The second kappa shape index (κ2) is 5.51. The summed E-state index contributed by atoms with van der Waals surface area (Å²) in [6.07, 6.45) is -8.22. The maximum absolute atomic E-state index is 12.5. The lowest BCUT2D eigenvalue weighted by Crippen LogP contribution is -2.19. The van der Waals surface area contributed by atoms with E-state index in [2.05, 4.69) is 9.72 Å². The summed E-state index contributed by atoms with van der Waals surface area (Å²) >= 11 is 7.06. The summed E-state index contributed by atoms with van der Waals surface area (Å²) in [5.41, 5.74) is -0.990. The van der Waals surface area contributed by atoms with Gasteiger partial charge in [0.2, 0.25) is 0 Å². The minimum Gasteiger partial charge on any atom is -0.404 e. The van der Waals surface area contributed by atoms with E-state index in [-0.39, 0.29) is 15.1 Å². The number of pyridine rings is 1. The van der Waals surface area contributed by atoms with Crippen molar-refractivity contribution in [2.75, 3.05) is 0 Å². The molecule has 0 aromatic carbocycles. The van der Waals surface area contributed by atoms with Crippen LogP contribution < -0.4 is 4.74 Å².